The Morgan fingerprint density at radius 3 is 3.00 bits per heavy atom. The van der Waals surface area contributed by atoms with Crippen LogP contribution in [0.25, 0.3) is 11.6 Å². The van der Waals surface area contributed by atoms with Gasteiger partial charge in [0.15, 0.2) is 0 Å². The summed E-state index contributed by atoms with van der Waals surface area (Å²) in [7, 11) is 0. The Hall–Kier alpha value is -2.09. The third-order valence-corrected chi connectivity index (χ3v) is 3.52. The van der Waals surface area contributed by atoms with Crippen molar-refractivity contribution >= 4 is 17.6 Å². The Morgan fingerprint density at radius 2 is 2.17 bits per heavy atom. The minimum Gasteiger partial charge on any atom is -0.478 e. The van der Waals surface area contributed by atoms with Crippen LogP contribution in [0.2, 0.25) is 0 Å². The van der Waals surface area contributed by atoms with Crippen LogP contribution in [0.5, 0.6) is 0 Å². The van der Waals surface area contributed by atoms with Gasteiger partial charge in [0.05, 0.1) is 5.56 Å². The Bertz CT molecular complexity index is 690. The normalized spacial score (nSPS) is 17.1. The molecule has 0 aromatic heterocycles. The van der Waals surface area contributed by atoms with Gasteiger partial charge in [0, 0.05) is 0 Å². The fraction of sp³-hybridized carbons (Fsp3) is 0.188. The van der Waals surface area contributed by atoms with Crippen molar-refractivity contribution in [3.63, 3.8) is 0 Å². The molecule has 1 N–H and O–H groups in total. The molecular weight excluding hydrogens is 224 g/mol. The Labute approximate surface area is 105 Å². The number of rotatable bonds is 1. The summed E-state index contributed by atoms with van der Waals surface area (Å²) in [5, 5.41) is 11.3. The minimum absolute atomic E-state index is 0.412. The van der Waals surface area contributed by atoms with Gasteiger partial charge in [0.1, 0.15) is 0 Å². The Kier molecular flexibility index (Phi) is 2.63. The number of carboxylic acids is 1. The molecule has 18 heavy (non-hydrogen) atoms. The molecule has 90 valence electrons. The predicted octanol–water partition coefficient (Wildman–Crippen LogP) is 2.00. The third kappa shape index (κ3) is 1.70. The highest BCUT2D eigenvalue weighted by molar-refractivity contribution is 5.90. The maximum absolute atomic E-state index is 11.4. The number of allylic oxidation sites excluding steroid dienone is 4. The molecule has 0 radical (unpaired) electrons. The molecule has 2 nitrogen and oxygen atoms in total. The van der Waals surface area contributed by atoms with Gasteiger partial charge >= 0.3 is 5.97 Å². The van der Waals surface area contributed by atoms with Gasteiger partial charge < -0.3 is 5.11 Å². The van der Waals surface area contributed by atoms with Crippen LogP contribution in [0.1, 0.15) is 29.6 Å². The first-order valence-corrected chi connectivity index (χ1v) is 6.22. The van der Waals surface area contributed by atoms with Crippen molar-refractivity contribution in [2.75, 3.05) is 0 Å². The average Bonchev–Trinajstić information content (AvgIpc) is 2.57. The molecule has 0 amide bonds. The van der Waals surface area contributed by atoms with Gasteiger partial charge in [-0.3, -0.25) is 0 Å². The standard InChI is InChI=1S/C16H14O2/c17-16(18)14-10-4-8-12-7-3-6-11-5-1-2-9-13(11)15(12)14/h3-8,10H,1-2,9H2,(H,17,18). The summed E-state index contributed by atoms with van der Waals surface area (Å²) in [6.45, 7) is 0. The van der Waals surface area contributed by atoms with E-state index in [2.05, 4.69) is 12.2 Å². The zero-order chi connectivity index (χ0) is 12.5. The maximum Gasteiger partial charge on any atom is 0.336 e. The van der Waals surface area contributed by atoms with Crippen LogP contribution in [0, 0.1) is 0 Å². The average molecular weight is 238 g/mol. The lowest BCUT2D eigenvalue weighted by molar-refractivity contribution is 0.0695. The lowest BCUT2D eigenvalue weighted by Gasteiger charge is -2.14. The molecule has 0 saturated heterocycles. The van der Waals surface area contributed by atoms with Crippen molar-refractivity contribution in [2.45, 2.75) is 19.3 Å². The largest absolute Gasteiger partial charge is 0.478 e. The van der Waals surface area contributed by atoms with Crippen LogP contribution in [0.15, 0.2) is 42.0 Å². The van der Waals surface area contributed by atoms with Gasteiger partial charge in [-0.1, -0.05) is 36.4 Å². The second-order valence-corrected chi connectivity index (χ2v) is 4.63. The van der Waals surface area contributed by atoms with Crippen molar-refractivity contribution in [3.05, 3.63) is 58.0 Å². The lowest BCUT2D eigenvalue weighted by Crippen LogP contribution is -2.33. The van der Waals surface area contributed by atoms with Crippen molar-refractivity contribution in [3.8, 4) is 0 Å². The molecule has 1 aromatic carbocycles. The number of carbonyl (C=O) groups is 1. The number of hydrogen-bond acceptors (Lipinski definition) is 1. The number of aromatic carboxylic acids is 1. The smallest absolute Gasteiger partial charge is 0.336 e. The summed E-state index contributed by atoms with van der Waals surface area (Å²) in [6, 6.07) is 5.49. The van der Waals surface area contributed by atoms with E-state index in [9.17, 15) is 9.90 Å². The third-order valence-electron chi connectivity index (χ3n) is 3.52. The first-order valence-electron chi connectivity index (χ1n) is 6.22. The molecule has 0 unspecified atom stereocenters. The molecule has 2 heteroatoms. The van der Waals surface area contributed by atoms with Crippen LogP contribution >= 0.6 is 0 Å². The molecular formula is C16H14O2. The molecule has 2 aliphatic rings. The molecule has 0 heterocycles. The van der Waals surface area contributed by atoms with Crippen molar-refractivity contribution < 1.29 is 9.90 Å². The molecule has 0 fully saturated rings. The molecule has 0 spiro atoms. The molecule has 1 aromatic rings. The molecule has 3 rings (SSSR count). The topological polar surface area (TPSA) is 37.3 Å². The number of benzene rings is 1. The molecule has 2 aliphatic carbocycles. The van der Waals surface area contributed by atoms with E-state index in [4.69, 9.17) is 0 Å². The molecule has 0 saturated carbocycles. The first kappa shape index (κ1) is 11.0. The summed E-state index contributed by atoms with van der Waals surface area (Å²) in [6.07, 6.45) is 11.4. The SMILES string of the molecule is O=C(O)c1cccc2c1=C1CCCC=C1C=CC=2. The summed E-state index contributed by atoms with van der Waals surface area (Å²) in [4.78, 5) is 11.4. The summed E-state index contributed by atoms with van der Waals surface area (Å²) in [5.74, 6) is -0.848. The summed E-state index contributed by atoms with van der Waals surface area (Å²) < 4.78 is 0. The van der Waals surface area contributed by atoms with Gasteiger partial charge in [0.2, 0.25) is 0 Å². The minimum atomic E-state index is -0.848. The number of carboxylic acid groups (broad SMARTS) is 1. The molecule has 0 aliphatic heterocycles. The molecule has 0 bridgehead atoms. The van der Waals surface area contributed by atoms with Crippen molar-refractivity contribution in [1.29, 1.82) is 0 Å². The van der Waals surface area contributed by atoms with E-state index in [1.54, 1.807) is 6.07 Å². The van der Waals surface area contributed by atoms with E-state index >= 15 is 0 Å². The summed E-state index contributed by atoms with van der Waals surface area (Å²) >= 11 is 0. The highest BCUT2D eigenvalue weighted by Crippen LogP contribution is 2.25. The van der Waals surface area contributed by atoms with E-state index in [1.807, 2.05) is 24.3 Å². The van der Waals surface area contributed by atoms with E-state index in [1.165, 1.54) is 11.1 Å². The van der Waals surface area contributed by atoms with Crippen molar-refractivity contribution in [1.82, 2.24) is 0 Å². The van der Waals surface area contributed by atoms with E-state index < -0.39 is 5.97 Å². The number of fused-ring (bicyclic) bond motifs is 2. The zero-order valence-corrected chi connectivity index (χ0v) is 10.0. The lowest BCUT2D eigenvalue weighted by atomic mass is 9.90. The van der Waals surface area contributed by atoms with Crippen LogP contribution in [0.4, 0.5) is 0 Å². The summed E-state index contributed by atoms with van der Waals surface area (Å²) in [5.41, 5.74) is 2.78. The highest BCUT2D eigenvalue weighted by Gasteiger charge is 2.15. The fourth-order valence-electron chi connectivity index (χ4n) is 2.72. The van der Waals surface area contributed by atoms with Gasteiger partial charge in [-0.05, 0) is 46.9 Å². The van der Waals surface area contributed by atoms with Crippen molar-refractivity contribution in [2.24, 2.45) is 0 Å². The Morgan fingerprint density at radius 1 is 1.28 bits per heavy atom. The van der Waals surface area contributed by atoms with Gasteiger partial charge in [-0.15, -0.1) is 0 Å². The van der Waals surface area contributed by atoms with Crippen LogP contribution < -0.4 is 10.4 Å². The van der Waals surface area contributed by atoms with Gasteiger partial charge in [0.25, 0.3) is 0 Å². The molecule has 0 atom stereocenters. The second-order valence-electron chi connectivity index (χ2n) is 4.63. The maximum atomic E-state index is 11.4. The van der Waals surface area contributed by atoms with Crippen LogP contribution in [-0.4, -0.2) is 11.1 Å². The predicted molar refractivity (Wildman–Crippen MR) is 71.6 cm³/mol. The van der Waals surface area contributed by atoms with Crippen LogP contribution in [0.3, 0.4) is 0 Å². The zero-order valence-electron chi connectivity index (χ0n) is 10.0. The van der Waals surface area contributed by atoms with E-state index in [0.717, 1.165) is 29.7 Å². The van der Waals surface area contributed by atoms with Crippen LogP contribution in [-0.2, 0) is 0 Å². The van der Waals surface area contributed by atoms with Gasteiger partial charge in [-0.2, -0.15) is 0 Å². The Balaban J connectivity index is 2.48. The van der Waals surface area contributed by atoms with E-state index in [0.29, 0.717) is 5.56 Å². The second kappa shape index (κ2) is 4.30. The van der Waals surface area contributed by atoms with Gasteiger partial charge in [-0.25, -0.2) is 4.79 Å². The van der Waals surface area contributed by atoms with E-state index in [-0.39, 0.29) is 0 Å². The number of hydrogen-bond donors (Lipinski definition) is 1. The first-order chi connectivity index (χ1) is 8.77. The quantitative estimate of drug-likeness (QED) is 0.812. The monoisotopic (exact) mass is 238 g/mol. The highest BCUT2D eigenvalue weighted by atomic mass is 16.4. The fourth-order valence-corrected chi connectivity index (χ4v) is 2.72.